The number of hydroxylamine groups is 1. The van der Waals surface area contributed by atoms with E-state index >= 15 is 0 Å². The zero-order valence-electron chi connectivity index (χ0n) is 19.3. The summed E-state index contributed by atoms with van der Waals surface area (Å²) in [5, 5.41) is 0. The van der Waals surface area contributed by atoms with Gasteiger partial charge in [-0.25, -0.2) is 0 Å². The molecule has 0 spiro atoms. The second-order valence-electron chi connectivity index (χ2n) is 7.92. The molecule has 0 radical (unpaired) electrons. The van der Waals surface area contributed by atoms with Crippen LogP contribution in [0.5, 0.6) is 5.75 Å². The minimum absolute atomic E-state index is 0.188. The van der Waals surface area contributed by atoms with Crippen molar-refractivity contribution >= 4 is 20.0 Å². The second kappa shape index (κ2) is 13.5. The molecule has 2 rings (SSSR count). The molecule has 0 aliphatic heterocycles. The highest BCUT2D eigenvalue weighted by Gasteiger charge is 2.29. The van der Waals surface area contributed by atoms with Gasteiger partial charge in [0.25, 0.3) is 0 Å². The number of rotatable bonds is 14. The van der Waals surface area contributed by atoms with Crippen LogP contribution in [0.4, 0.5) is 0 Å². The van der Waals surface area contributed by atoms with E-state index in [4.69, 9.17) is 14.3 Å². The molecule has 1 aliphatic rings. The summed E-state index contributed by atoms with van der Waals surface area (Å²) in [4.78, 5) is 46.4. The van der Waals surface area contributed by atoms with E-state index < -0.39 is 20.0 Å². The highest BCUT2D eigenvalue weighted by atomic mass is 31.1. The Labute approximate surface area is 191 Å². The third kappa shape index (κ3) is 9.20. The SMILES string of the molecule is CCOC(=O)CN/N=[P+](\[O-])N(CC(=O)OCC)Oc1cccc(C(C)C[C@@H](C)C2CC2)c1. The van der Waals surface area contributed by atoms with Crippen LogP contribution in [0.25, 0.3) is 0 Å². The molecule has 32 heavy (non-hydrogen) atoms. The minimum Gasteiger partial charge on any atom is -0.591 e. The fourth-order valence-electron chi connectivity index (χ4n) is 3.42. The summed E-state index contributed by atoms with van der Waals surface area (Å²) in [5.74, 6) is 1.18. The number of esters is 2. The van der Waals surface area contributed by atoms with Gasteiger partial charge in [0.05, 0.1) is 18.0 Å². The van der Waals surface area contributed by atoms with Crippen molar-refractivity contribution in [2.45, 2.75) is 52.9 Å². The van der Waals surface area contributed by atoms with Crippen LogP contribution in [0.2, 0.25) is 0 Å². The third-order valence-corrected chi connectivity index (χ3v) is 6.15. The third-order valence-electron chi connectivity index (χ3n) is 5.24. The molecule has 0 bridgehead atoms. The molecule has 3 atom stereocenters. The lowest BCUT2D eigenvalue weighted by Gasteiger charge is -2.19. The van der Waals surface area contributed by atoms with Crippen LogP contribution in [0.1, 0.15) is 58.4 Å². The Bertz CT molecular complexity index is 787. The van der Waals surface area contributed by atoms with Crippen LogP contribution in [-0.4, -0.2) is 43.1 Å². The molecule has 1 fully saturated rings. The largest absolute Gasteiger partial charge is 0.591 e. The van der Waals surface area contributed by atoms with Gasteiger partial charge in [0.1, 0.15) is 6.54 Å². The Morgan fingerprint density at radius 3 is 2.56 bits per heavy atom. The normalized spacial score (nSPS) is 15.9. The number of nitrogens with one attached hydrogen (secondary N) is 1. The van der Waals surface area contributed by atoms with Gasteiger partial charge in [0.2, 0.25) is 0 Å². The van der Waals surface area contributed by atoms with Gasteiger partial charge < -0.3 is 19.2 Å². The van der Waals surface area contributed by atoms with E-state index in [0.29, 0.717) is 17.6 Å². The fourth-order valence-corrected chi connectivity index (χ4v) is 4.11. The zero-order chi connectivity index (χ0) is 23.5. The Hall–Kier alpha value is -2.06. The van der Waals surface area contributed by atoms with Gasteiger partial charge in [0, 0.05) is 4.85 Å². The first-order valence-electron chi connectivity index (χ1n) is 11.1. The summed E-state index contributed by atoms with van der Waals surface area (Å²) < 4.78 is 9.73. The van der Waals surface area contributed by atoms with E-state index in [1.54, 1.807) is 19.9 Å². The Morgan fingerprint density at radius 1 is 1.22 bits per heavy atom. The summed E-state index contributed by atoms with van der Waals surface area (Å²) >= 11 is 0. The van der Waals surface area contributed by atoms with E-state index in [9.17, 15) is 14.5 Å². The molecule has 1 saturated carbocycles. The molecule has 1 N–H and O–H groups in total. The molecule has 10 heteroatoms. The van der Waals surface area contributed by atoms with E-state index in [2.05, 4.69) is 24.1 Å². The van der Waals surface area contributed by atoms with Gasteiger partial charge in [0.15, 0.2) is 12.3 Å². The maximum absolute atomic E-state index is 12.6. The van der Waals surface area contributed by atoms with Crippen LogP contribution in [0.3, 0.4) is 0 Å². The van der Waals surface area contributed by atoms with Gasteiger partial charge in [-0.15, -0.1) is 0 Å². The van der Waals surface area contributed by atoms with Crippen molar-refractivity contribution in [3.8, 4) is 5.75 Å². The predicted molar refractivity (Wildman–Crippen MR) is 119 cm³/mol. The molecular weight excluding hydrogens is 433 g/mol. The summed E-state index contributed by atoms with van der Waals surface area (Å²) in [7, 11) is -2.52. The van der Waals surface area contributed by atoms with Crippen molar-refractivity contribution in [3.05, 3.63) is 29.8 Å². The van der Waals surface area contributed by atoms with Crippen LogP contribution < -0.4 is 15.2 Å². The quantitative estimate of drug-likeness (QED) is 0.252. The summed E-state index contributed by atoms with van der Waals surface area (Å²) in [6.07, 6.45) is 3.73. The number of hydrogen-bond acceptors (Lipinski definition) is 7. The summed E-state index contributed by atoms with van der Waals surface area (Å²) in [5.41, 5.74) is 3.51. The Kier molecular flexibility index (Phi) is 11.0. The number of hydrogen-bond donors (Lipinski definition) is 1. The molecule has 0 heterocycles. The standard InChI is InChI=1S/C22H34N3O6P/c1-5-29-21(26)14-23-24-32(28)25(15-22(27)30-6-2)31-20-9-7-8-19(13-20)17(4)12-16(3)18-10-11-18/h7-9,13,16-18,23H,5-6,10-12,14-15H2,1-4H3/t16-,17?/m1/s1. The summed E-state index contributed by atoms with van der Waals surface area (Å²) in [6.45, 7) is 7.65. The van der Waals surface area contributed by atoms with Crippen molar-refractivity contribution in [1.29, 1.82) is 0 Å². The number of benzene rings is 1. The molecule has 178 valence electrons. The van der Waals surface area contributed by atoms with E-state index in [1.807, 2.05) is 18.2 Å². The molecule has 0 amide bonds. The molecule has 1 aromatic carbocycles. The molecule has 0 aromatic heterocycles. The van der Waals surface area contributed by atoms with Crippen molar-refractivity contribution in [3.63, 3.8) is 0 Å². The fraction of sp³-hybridized carbons (Fsp3) is 0.636. The molecule has 9 nitrogen and oxygen atoms in total. The van der Waals surface area contributed by atoms with Crippen LogP contribution >= 0.6 is 8.09 Å². The minimum atomic E-state index is -2.52. The lowest BCUT2D eigenvalue weighted by Crippen LogP contribution is -2.32. The molecule has 0 saturated heterocycles. The number of nitrogens with zero attached hydrogens (tertiary/aromatic N) is 2. The van der Waals surface area contributed by atoms with Crippen molar-refractivity contribution in [1.82, 2.24) is 10.3 Å². The van der Waals surface area contributed by atoms with Crippen LogP contribution in [0.15, 0.2) is 29.1 Å². The molecular formula is C22H34N3O6P. The highest BCUT2D eigenvalue weighted by Crippen LogP contribution is 2.41. The number of carbonyl (C=O) groups is 2. The Morgan fingerprint density at radius 2 is 1.91 bits per heavy atom. The maximum atomic E-state index is 12.6. The first-order chi connectivity index (χ1) is 15.3. The lowest BCUT2D eigenvalue weighted by molar-refractivity contribution is -0.187. The zero-order valence-corrected chi connectivity index (χ0v) is 20.2. The van der Waals surface area contributed by atoms with E-state index in [1.165, 1.54) is 12.8 Å². The molecule has 1 aliphatic carbocycles. The molecule has 1 aromatic rings. The van der Waals surface area contributed by atoms with Crippen molar-refractivity contribution in [2.24, 2.45) is 16.7 Å². The monoisotopic (exact) mass is 467 g/mol. The average molecular weight is 468 g/mol. The number of ether oxygens (including phenoxy) is 2. The van der Waals surface area contributed by atoms with Crippen molar-refractivity contribution in [2.75, 3.05) is 26.3 Å². The van der Waals surface area contributed by atoms with Crippen molar-refractivity contribution < 1.29 is 28.8 Å². The van der Waals surface area contributed by atoms with Gasteiger partial charge >= 0.3 is 20.0 Å². The summed E-state index contributed by atoms with van der Waals surface area (Å²) in [6, 6.07) is 7.53. The topological polar surface area (TPSA) is 113 Å². The predicted octanol–water partition coefficient (Wildman–Crippen LogP) is 3.31. The van der Waals surface area contributed by atoms with Gasteiger partial charge in [-0.3, -0.25) is 9.59 Å². The first kappa shape index (κ1) is 26.2. The van der Waals surface area contributed by atoms with Crippen LogP contribution in [0, 0.1) is 11.8 Å². The smallest absolute Gasteiger partial charge is 0.328 e. The average Bonchev–Trinajstić information content (AvgIpc) is 3.59. The maximum Gasteiger partial charge on any atom is 0.328 e. The van der Waals surface area contributed by atoms with Gasteiger partial charge in [-0.2, -0.15) is 5.43 Å². The van der Waals surface area contributed by atoms with E-state index in [0.717, 1.165) is 22.7 Å². The van der Waals surface area contributed by atoms with Gasteiger partial charge in [-0.05, 0) is 68.6 Å². The Balaban J connectivity index is 2.06. The second-order valence-corrected chi connectivity index (χ2v) is 9.07. The highest BCUT2D eigenvalue weighted by molar-refractivity contribution is 7.36. The number of carbonyl (C=O) groups excluding carboxylic acids is 2. The van der Waals surface area contributed by atoms with Crippen LogP contribution in [-0.2, 0) is 19.1 Å². The van der Waals surface area contributed by atoms with Gasteiger partial charge in [-0.1, -0.05) is 26.0 Å². The van der Waals surface area contributed by atoms with E-state index in [-0.39, 0.29) is 26.3 Å². The molecule has 2 unspecified atom stereocenters. The first-order valence-corrected chi connectivity index (χ1v) is 12.3. The lowest BCUT2D eigenvalue weighted by atomic mass is 9.89.